The molecule has 2 atom stereocenters. The van der Waals surface area contributed by atoms with E-state index in [-0.39, 0.29) is 12.5 Å². The Morgan fingerprint density at radius 3 is 2.74 bits per heavy atom. The number of rotatable bonds is 6. The Balaban J connectivity index is 1.96. The van der Waals surface area contributed by atoms with Gasteiger partial charge in [-0.15, -0.1) is 0 Å². The van der Waals surface area contributed by atoms with E-state index in [1.807, 2.05) is 30.3 Å². The summed E-state index contributed by atoms with van der Waals surface area (Å²) in [4.78, 5) is 21.9. The summed E-state index contributed by atoms with van der Waals surface area (Å²) in [5, 5.41) is 13.3. The molecule has 6 heteroatoms. The summed E-state index contributed by atoms with van der Waals surface area (Å²) in [5.41, 5.74) is 0.954. The molecule has 1 amide bonds. The number of carbonyl (C=O) groups excluding carboxylic acids is 2. The monoisotopic (exact) mass is 262 g/mol. The number of β-lactam (4-membered cyclic amide) rings is 1. The van der Waals surface area contributed by atoms with Gasteiger partial charge in [-0.05, 0) is 12.0 Å². The van der Waals surface area contributed by atoms with Gasteiger partial charge in [0.2, 0.25) is 0 Å². The van der Waals surface area contributed by atoms with E-state index in [2.05, 4.69) is 5.10 Å². The second-order valence-corrected chi connectivity index (χ2v) is 4.17. The normalized spacial score (nSPS) is 21.7. The number of hydrogen-bond donors (Lipinski definition) is 1. The minimum Gasteiger partial charge on any atom is -0.396 e. The van der Waals surface area contributed by atoms with E-state index in [0.29, 0.717) is 13.0 Å². The van der Waals surface area contributed by atoms with Crippen molar-refractivity contribution < 1.29 is 19.4 Å². The molecule has 6 nitrogen and oxygen atoms in total. The largest absolute Gasteiger partial charge is 0.396 e. The molecule has 19 heavy (non-hydrogen) atoms. The van der Waals surface area contributed by atoms with Gasteiger partial charge in [0.25, 0.3) is 12.0 Å². The number of carbonyl (C=O) groups is 1. The van der Waals surface area contributed by atoms with Crippen molar-refractivity contribution in [2.45, 2.75) is 25.2 Å². The molecule has 1 N–H and O–H groups in total. The van der Waals surface area contributed by atoms with Crippen LogP contribution in [0.25, 0.3) is 0 Å². The number of isocyanates is 1. The third-order valence-electron chi connectivity index (χ3n) is 2.98. The molecule has 100 valence electrons. The van der Waals surface area contributed by atoms with Crippen LogP contribution < -0.4 is 0 Å². The van der Waals surface area contributed by atoms with Gasteiger partial charge in [0.1, 0.15) is 0 Å². The lowest BCUT2D eigenvalue weighted by Crippen LogP contribution is -2.63. The molecule has 1 saturated heterocycles. The van der Waals surface area contributed by atoms with Gasteiger partial charge in [-0.2, -0.15) is 0 Å². The quantitative estimate of drug-likeness (QED) is 0.457. The van der Waals surface area contributed by atoms with Crippen LogP contribution in [0, 0.1) is 0 Å². The number of nitrogens with zero attached hydrogens (tertiary/aromatic N) is 2. The molecule has 0 spiro atoms. The number of hydrogen-bond acceptors (Lipinski definition) is 5. The van der Waals surface area contributed by atoms with Gasteiger partial charge in [-0.3, -0.25) is 4.79 Å². The number of amides is 1. The van der Waals surface area contributed by atoms with Crippen molar-refractivity contribution in [3.63, 3.8) is 0 Å². The predicted octanol–water partition coefficient (Wildman–Crippen LogP) is 0.416. The summed E-state index contributed by atoms with van der Waals surface area (Å²) >= 11 is 0. The first kappa shape index (κ1) is 13.4. The maximum Gasteiger partial charge on any atom is 0.275 e. The molecule has 1 aliphatic rings. The van der Waals surface area contributed by atoms with E-state index in [4.69, 9.17) is 9.84 Å². The zero-order valence-corrected chi connectivity index (χ0v) is 10.2. The fourth-order valence-corrected chi connectivity index (χ4v) is 2.02. The lowest BCUT2D eigenvalue weighted by Gasteiger charge is -2.41. The molecule has 1 aromatic rings. The Labute approximate surface area is 110 Å². The highest BCUT2D eigenvalue weighted by Crippen LogP contribution is 2.26. The maximum absolute atomic E-state index is 11.7. The second kappa shape index (κ2) is 6.24. The van der Waals surface area contributed by atoms with Crippen molar-refractivity contribution in [1.82, 2.24) is 5.01 Å². The third-order valence-corrected chi connectivity index (χ3v) is 2.98. The molecule has 0 unspecified atom stereocenters. The van der Waals surface area contributed by atoms with E-state index >= 15 is 0 Å². The van der Waals surface area contributed by atoms with Gasteiger partial charge in [-0.25, -0.2) is 9.80 Å². The van der Waals surface area contributed by atoms with E-state index in [1.165, 1.54) is 6.08 Å². The molecular weight excluding hydrogens is 248 g/mol. The lowest BCUT2D eigenvalue weighted by molar-refractivity contribution is -0.177. The van der Waals surface area contributed by atoms with Crippen molar-refractivity contribution >= 4 is 12.0 Å². The first-order valence-electron chi connectivity index (χ1n) is 5.95. The topological polar surface area (TPSA) is 79.2 Å². The van der Waals surface area contributed by atoms with Crippen LogP contribution in [-0.2, 0) is 20.9 Å². The van der Waals surface area contributed by atoms with Gasteiger partial charge < -0.3 is 9.84 Å². The minimum atomic E-state index is -0.663. The number of ether oxygens (including phenoxy) is 1. The summed E-state index contributed by atoms with van der Waals surface area (Å²) < 4.78 is 5.53. The van der Waals surface area contributed by atoms with Crippen LogP contribution in [0.2, 0.25) is 0 Å². The van der Waals surface area contributed by atoms with Crippen LogP contribution in [-0.4, -0.2) is 40.9 Å². The maximum atomic E-state index is 11.7. The Morgan fingerprint density at radius 2 is 2.11 bits per heavy atom. The van der Waals surface area contributed by atoms with Gasteiger partial charge in [0.05, 0.1) is 12.6 Å². The molecule has 0 radical (unpaired) electrons. The molecular formula is C13H14N2O4. The fourth-order valence-electron chi connectivity index (χ4n) is 2.02. The highest BCUT2D eigenvalue weighted by atomic mass is 16.5. The molecule has 0 saturated carbocycles. The Hall–Kier alpha value is -2.01. The first-order chi connectivity index (χ1) is 9.27. The van der Waals surface area contributed by atoms with Gasteiger partial charge in [0, 0.05) is 6.61 Å². The van der Waals surface area contributed by atoms with Crippen molar-refractivity contribution in [2.75, 3.05) is 6.61 Å². The fraction of sp³-hybridized carbons (Fsp3) is 0.385. The average Bonchev–Trinajstić information content (AvgIpc) is 2.45. The van der Waals surface area contributed by atoms with Gasteiger partial charge >= 0.3 is 0 Å². The van der Waals surface area contributed by atoms with E-state index in [1.54, 1.807) is 0 Å². The van der Waals surface area contributed by atoms with Crippen molar-refractivity contribution in [1.29, 1.82) is 0 Å². The van der Waals surface area contributed by atoms with Crippen molar-refractivity contribution in [3.8, 4) is 0 Å². The van der Waals surface area contributed by atoms with Crippen molar-refractivity contribution in [2.24, 2.45) is 5.10 Å². The predicted molar refractivity (Wildman–Crippen MR) is 65.5 cm³/mol. The third kappa shape index (κ3) is 2.88. The van der Waals surface area contributed by atoms with Crippen LogP contribution >= 0.6 is 0 Å². The molecule has 1 heterocycles. The van der Waals surface area contributed by atoms with Crippen LogP contribution in [0.3, 0.4) is 0 Å². The first-order valence-corrected chi connectivity index (χ1v) is 5.95. The molecule has 0 aliphatic carbocycles. The highest BCUT2D eigenvalue weighted by Gasteiger charge is 2.48. The number of aliphatic hydroxyl groups is 1. The molecule has 1 aliphatic heterocycles. The summed E-state index contributed by atoms with van der Waals surface area (Å²) in [5.74, 6) is -0.377. The summed E-state index contributed by atoms with van der Waals surface area (Å²) in [6.45, 7) is 0.200. The number of aliphatic hydroxyl groups excluding tert-OH is 1. The van der Waals surface area contributed by atoms with E-state index in [9.17, 15) is 9.59 Å². The van der Waals surface area contributed by atoms with Crippen LogP contribution in [0.5, 0.6) is 0 Å². The smallest absolute Gasteiger partial charge is 0.275 e. The lowest BCUT2D eigenvalue weighted by atomic mass is 9.97. The number of hydrazone groups is 1. The Bertz CT molecular complexity index is 485. The van der Waals surface area contributed by atoms with E-state index < -0.39 is 12.1 Å². The van der Waals surface area contributed by atoms with Crippen LogP contribution in [0.1, 0.15) is 12.0 Å². The Kier molecular flexibility index (Phi) is 4.41. The summed E-state index contributed by atoms with van der Waals surface area (Å²) in [6, 6.07) is 9.05. The van der Waals surface area contributed by atoms with Crippen LogP contribution in [0.15, 0.2) is 35.4 Å². The standard InChI is InChI=1S/C13H14N2O4/c16-7-6-11-12(13(18)15(11)14-9-17)19-8-10-4-2-1-3-5-10/h1-5,11-12,16H,6-8H2/t11-,12-/m1/s1. The highest BCUT2D eigenvalue weighted by molar-refractivity contribution is 5.88. The van der Waals surface area contributed by atoms with Gasteiger partial charge in [0.15, 0.2) is 6.10 Å². The Morgan fingerprint density at radius 1 is 1.37 bits per heavy atom. The average molecular weight is 262 g/mol. The molecule has 0 bridgehead atoms. The minimum absolute atomic E-state index is 0.103. The van der Waals surface area contributed by atoms with Crippen LogP contribution in [0.4, 0.5) is 0 Å². The summed E-state index contributed by atoms with van der Waals surface area (Å²) in [7, 11) is 0. The number of benzene rings is 1. The molecule has 1 fully saturated rings. The SMILES string of the molecule is O=C=NN1C(=O)[C@H](OCc2ccccc2)[C@H]1CCO. The van der Waals surface area contributed by atoms with E-state index in [0.717, 1.165) is 10.6 Å². The van der Waals surface area contributed by atoms with Crippen molar-refractivity contribution in [3.05, 3.63) is 35.9 Å². The second-order valence-electron chi connectivity index (χ2n) is 4.17. The molecule has 2 rings (SSSR count). The molecule has 0 aromatic heterocycles. The zero-order chi connectivity index (χ0) is 13.7. The summed E-state index contributed by atoms with van der Waals surface area (Å²) in [6.07, 6.45) is 0.979. The zero-order valence-electron chi connectivity index (χ0n) is 10.2. The molecule has 1 aromatic carbocycles. The van der Waals surface area contributed by atoms with Gasteiger partial charge in [-0.1, -0.05) is 35.4 Å².